The second kappa shape index (κ2) is 12.8. The van der Waals surface area contributed by atoms with Gasteiger partial charge in [0.15, 0.2) is 0 Å². The molecular weight excluding hydrogens is 524 g/mol. The summed E-state index contributed by atoms with van der Waals surface area (Å²) in [5.41, 5.74) is 1.51. The van der Waals surface area contributed by atoms with E-state index in [0.717, 1.165) is 22.0 Å². The molecule has 10 heteroatoms. The normalized spacial score (nSPS) is 12.2. The Balaban J connectivity index is 2.05. The van der Waals surface area contributed by atoms with Crippen molar-refractivity contribution in [3.05, 3.63) is 95.6 Å². The molecule has 0 spiro atoms. The van der Waals surface area contributed by atoms with Crippen LogP contribution in [0.4, 0.5) is 14.5 Å². The number of hydrogen-bond donors (Lipinski definition) is 1. The average Bonchev–Trinajstić information content (AvgIpc) is 2.88. The van der Waals surface area contributed by atoms with Crippen molar-refractivity contribution in [2.45, 2.75) is 57.6 Å². The van der Waals surface area contributed by atoms with Crippen LogP contribution in [-0.2, 0) is 26.2 Å². The summed E-state index contributed by atoms with van der Waals surface area (Å²) >= 11 is 0. The van der Waals surface area contributed by atoms with E-state index in [1.54, 1.807) is 32.9 Å². The topological polar surface area (TPSA) is 86.8 Å². The van der Waals surface area contributed by atoms with Crippen LogP contribution >= 0.6 is 0 Å². The Morgan fingerprint density at radius 3 is 1.92 bits per heavy atom. The lowest BCUT2D eigenvalue weighted by atomic mass is 10.1. The highest BCUT2D eigenvalue weighted by Gasteiger charge is 2.33. The molecule has 7 nitrogen and oxygen atoms in total. The van der Waals surface area contributed by atoms with Crippen molar-refractivity contribution in [1.29, 1.82) is 0 Å². The van der Waals surface area contributed by atoms with E-state index in [-0.39, 0.29) is 29.6 Å². The summed E-state index contributed by atoms with van der Waals surface area (Å²) in [6.07, 6.45) is 0.257. The molecule has 0 radical (unpaired) electrons. The monoisotopic (exact) mass is 557 g/mol. The minimum atomic E-state index is -4.25. The number of carbonyl (C=O) groups is 2. The van der Waals surface area contributed by atoms with Crippen molar-refractivity contribution in [2.75, 3.05) is 10.8 Å². The number of aryl methyl sites for hydroxylation is 1. The molecule has 3 rings (SSSR count). The molecule has 0 aliphatic carbocycles. The van der Waals surface area contributed by atoms with E-state index in [2.05, 4.69) is 5.32 Å². The van der Waals surface area contributed by atoms with Gasteiger partial charge in [-0.25, -0.2) is 17.2 Å². The van der Waals surface area contributed by atoms with Crippen molar-refractivity contribution < 1.29 is 26.8 Å². The Morgan fingerprint density at radius 1 is 0.872 bits per heavy atom. The molecule has 0 saturated carbocycles. The number of amides is 2. The second-order valence-corrected chi connectivity index (χ2v) is 11.4. The van der Waals surface area contributed by atoms with Crippen molar-refractivity contribution in [2.24, 2.45) is 0 Å². The molecule has 1 atom stereocenters. The zero-order valence-electron chi connectivity index (χ0n) is 22.4. The molecule has 0 aliphatic heterocycles. The van der Waals surface area contributed by atoms with Gasteiger partial charge in [0, 0.05) is 12.6 Å². The number of anilines is 1. The molecule has 208 valence electrons. The van der Waals surface area contributed by atoms with Gasteiger partial charge in [-0.1, -0.05) is 36.8 Å². The Labute approximate surface area is 228 Å². The Morgan fingerprint density at radius 2 is 1.41 bits per heavy atom. The van der Waals surface area contributed by atoms with Gasteiger partial charge in [0.25, 0.3) is 10.0 Å². The van der Waals surface area contributed by atoms with E-state index >= 15 is 0 Å². The second-order valence-electron chi connectivity index (χ2n) is 9.54. The maximum absolute atomic E-state index is 13.9. The summed E-state index contributed by atoms with van der Waals surface area (Å²) in [6, 6.07) is 15.3. The molecule has 0 aromatic heterocycles. The van der Waals surface area contributed by atoms with Crippen LogP contribution in [0, 0.1) is 18.6 Å². The van der Waals surface area contributed by atoms with Crippen LogP contribution in [0.3, 0.4) is 0 Å². The summed E-state index contributed by atoms with van der Waals surface area (Å²) in [5.74, 6) is -2.05. The fourth-order valence-electron chi connectivity index (χ4n) is 4.06. The highest BCUT2D eigenvalue weighted by molar-refractivity contribution is 7.92. The van der Waals surface area contributed by atoms with E-state index in [1.807, 2.05) is 6.92 Å². The summed E-state index contributed by atoms with van der Waals surface area (Å²) in [7, 11) is -4.25. The van der Waals surface area contributed by atoms with Gasteiger partial charge in [0.1, 0.15) is 24.2 Å². The smallest absolute Gasteiger partial charge is 0.264 e. The van der Waals surface area contributed by atoms with Gasteiger partial charge in [0.05, 0.1) is 10.6 Å². The minimum Gasteiger partial charge on any atom is -0.352 e. The first-order valence-electron chi connectivity index (χ1n) is 12.6. The molecule has 2 amide bonds. The third-order valence-electron chi connectivity index (χ3n) is 6.09. The van der Waals surface area contributed by atoms with E-state index in [9.17, 15) is 26.8 Å². The fourth-order valence-corrected chi connectivity index (χ4v) is 5.47. The van der Waals surface area contributed by atoms with Crippen molar-refractivity contribution in [3.8, 4) is 0 Å². The van der Waals surface area contributed by atoms with Crippen LogP contribution in [0.5, 0.6) is 0 Å². The zero-order valence-corrected chi connectivity index (χ0v) is 23.2. The van der Waals surface area contributed by atoms with Crippen LogP contribution in [0.1, 0.15) is 38.3 Å². The lowest BCUT2D eigenvalue weighted by Gasteiger charge is -2.33. The Hall–Kier alpha value is -3.79. The third kappa shape index (κ3) is 7.63. The SMILES string of the molecule is CC[C@@H](C(=O)NC(C)C)N(Cc1ccc(F)cc1)C(=O)CN(c1ccc(F)cc1)S(=O)(=O)c1ccc(C)cc1. The van der Waals surface area contributed by atoms with Crippen LogP contribution < -0.4 is 9.62 Å². The summed E-state index contributed by atoms with van der Waals surface area (Å²) in [5, 5.41) is 2.81. The number of rotatable bonds is 11. The van der Waals surface area contributed by atoms with E-state index in [1.165, 1.54) is 53.4 Å². The predicted molar refractivity (Wildman–Crippen MR) is 146 cm³/mol. The summed E-state index contributed by atoms with van der Waals surface area (Å²) in [6.45, 7) is 6.45. The maximum Gasteiger partial charge on any atom is 0.264 e. The van der Waals surface area contributed by atoms with E-state index < -0.39 is 46.1 Å². The Bertz CT molecular complexity index is 1380. The van der Waals surface area contributed by atoms with Crippen molar-refractivity contribution in [1.82, 2.24) is 10.2 Å². The third-order valence-corrected chi connectivity index (χ3v) is 7.87. The summed E-state index contributed by atoms with van der Waals surface area (Å²) < 4.78 is 55.6. The highest BCUT2D eigenvalue weighted by atomic mass is 32.2. The van der Waals surface area contributed by atoms with Gasteiger partial charge in [-0.05, 0) is 81.3 Å². The largest absolute Gasteiger partial charge is 0.352 e. The number of hydrogen-bond acceptors (Lipinski definition) is 4. The molecular formula is C29H33F2N3O4S. The molecule has 3 aromatic carbocycles. The number of carbonyl (C=O) groups excluding carboxylic acids is 2. The van der Waals surface area contributed by atoms with Gasteiger partial charge in [-0.2, -0.15) is 0 Å². The number of sulfonamides is 1. The molecule has 0 unspecified atom stereocenters. The standard InChI is InChI=1S/C29H33F2N3O4S/c1-5-27(29(36)32-20(2)3)33(18-22-8-10-23(30)11-9-22)28(35)19-34(25-14-12-24(31)13-15-25)39(37,38)26-16-6-21(4)7-17-26/h6-17,20,27H,5,18-19H2,1-4H3,(H,32,36)/t27-/m0/s1. The van der Waals surface area contributed by atoms with Gasteiger partial charge in [0.2, 0.25) is 11.8 Å². The first kappa shape index (κ1) is 29.8. The molecule has 1 N–H and O–H groups in total. The molecule has 0 heterocycles. The molecule has 0 saturated heterocycles. The van der Waals surface area contributed by atoms with E-state index in [4.69, 9.17) is 0 Å². The van der Waals surface area contributed by atoms with Gasteiger partial charge < -0.3 is 10.2 Å². The minimum absolute atomic E-state index is 0.0418. The van der Waals surface area contributed by atoms with Crippen LogP contribution in [0.15, 0.2) is 77.7 Å². The lowest BCUT2D eigenvalue weighted by molar-refractivity contribution is -0.140. The number of benzene rings is 3. The fraction of sp³-hybridized carbons (Fsp3) is 0.310. The molecule has 39 heavy (non-hydrogen) atoms. The first-order valence-corrected chi connectivity index (χ1v) is 14.1. The van der Waals surface area contributed by atoms with Gasteiger partial charge >= 0.3 is 0 Å². The van der Waals surface area contributed by atoms with Crippen LogP contribution in [-0.4, -0.2) is 43.8 Å². The molecule has 0 aliphatic rings. The zero-order chi connectivity index (χ0) is 28.7. The number of nitrogens with zero attached hydrogens (tertiary/aromatic N) is 2. The molecule has 0 fully saturated rings. The predicted octanol–water partition coefficient (Wildman–Crippen LogP) is 4.80. The van der Waals surface area contributed by atoms with Crippen LogP contribution in [0.2, 0.25) is 0 Å². The van der Waals surface area contributed by atoms with Gasteiger partial charge in [-0.15, -0.1) is 0 Å². The quantitative estimate of drug-likeness (QED) is 0.367. The highest BCUT2D eigenvalue weighted by Crippen LogP contribution is 2.25. The Kier molecular flexibility index (Phi) is 9.80. The number of nitrogens with one attached hydrogen (secondary N) is 1. The molecule has 0 bridgehead atoms. The first-order chi connectivity index (χ1) is 18.4. The van der Waals surface area contributed by atoms with E-state index in [0.29, 0.717) is 5.56 Å². The average molecular weight is 558 g/mol. The summed E-state index contributed by atoms with van der Waals surface area (Å²) in [4.78, 5) is 28.2. The maximum atomic E-state index is 13.9. The number of halogens is 2. The lowest BCUT2D eigenvalue weighted by Crippen LogP contribution is -2.53. The van der Waals surface area contributed by atoms with Crippen LogP contribution in [0.25, 0.3) is 0 Å². The molecule has 3 aromatic rings. The van der Waals surface area contributed by atoms with Gasteiger partial charge in [-0.3, -0.25) is 13.9 Å². The van der Waals surface area contributed by atoms with Crippen molar-refractivity contribution >= 4 is 27.5 Å². The van der Waals surface area contributed by atoms with Crippen molar-refractivity contribution in [3.63, 3.8) is 0 Å².